The Labute approximate surface area is 190 Å². The zero-order chi connectivity index (χ0) is 25.1. The minimum Gasteiger partial charge on any atom is -0.481 e. The van der Waals surface area contributed by atoms with Gasteiger partial charge >= 0.3 is 11.9 Å². The summed E-state index contributed by atoms with van der Waals surface area (Å²) in [4.78, 5) is 59.1. The predicted octanol–water partition coefficient (Wildman–Crippen LogP) is -1.64. The fourth-order valence-electron chi connectivity index (χ4n) is 2.82. The van der Waals surface area contributed by atoms with Crippen molar-refractivity contribution in [3.63, 3.8) is 0 Å². The van der Waals surface area contributed by atoms with Gasteiger partial charge < -0.3 is 37.0 Å². The second-order valence-corrected chi connectivity index (χ2v) is 7.59. The van der Waals surface area contributed by atoms with Crippen molar-refractivity contribution >= 4 is 29.7 Å². The van der Waals surface area contributed by atoms with E-state index in [9.17, 15) is 29.1 Å². The molecule has 0 spiro atoms. The van der Waals surface area contributed by atoms with Gasteiger partial charge in [-0.3, -0.25) is 19.2 Å². The van der Waals surface area contributed by atoms with Crippen LogP contribution in [0.5, 0.6) is 0 Å². The van der Waals surface area contributed by atoms with E-state index in [1.807, 2.05) is 6.07 Å². The van der Waals surface area contributed by atoms with Crippen LogP contribution < -0.4 is 21.7 Å². The number of rotatable bonds is 13. The van der Waals surface area contributed by atoms with Gasteiger partial charge in [-0.2, -0.15) is 0 Å². The molecule has 0 aliphatic carbocycles. The van der Waals surface area contributed by atoms with Gasteiger partial charge in [0.25, 0.3) is 0 Å². The van der Waals surface area contributed by atoms with Crippen LogP contribution in [0.1, 0.15) is 32.3 Å². The number of carboxylic acid groups (broad SMARTS) is 2. The topological polar surface area (TPSA) is 208 Å². The minimum atomic E-state index is -1.54. The summed E-state index contributed by atoms with van der Waals surface area (Å²) in [6.45, 7) is 2.56. The molecule has 0 fully saturated rings. The van der Waals surface area contributed by atoms with Crippen LogP contribution in [0.4, 0.5) is 0 Å². The summed E-state index contributed by atoms with van der Waals surface area (Å²) in [5.41, 5.74) is 6.72. The lowest BCUT2D eigenvalue weighted by molar-refractivity contribution is -0.144. The maximum absolute atomic E-state index is 12.5. The second-order valence-electron chi connectivity index (χ2n) is 7.59. The van der Waals surface area contributed by atoms with Crippen molar-refractivity contribution in [3.8, 4) is 0 Å². The van der Waals surface area contributed by atoms with E-state index in [4.69, 9.17) is 15.9 Å². The number of amides is 3. The van der Waals surface area contributed by atoms with Gasteiger partial charge in [-0.25, -0.2) is 4.79 Å². The fourth-order valence-corrected chi connectivity index (χ4v) is 2.82. The van der Waals surface area contributed by atoms with Gasteiger partial charge in [0.1, 0.15) is 18.1 Å². The molecule has 1 aromatic rings. The van der Waals surface area contributed by atoms with E-state index < -0.39 is 66.4 Å². The Morgan fingerprint density at radius 2 is 1.52 bits per heavy atom. The number of aliphatic carboxylic acids is 2. The van der Waals surface area contributed by atoms with E-state index in [1.54, 1.807) is 24.3 Å². The molecule has 0 saturated heterocycles. The van der Waals surface area contributed by atoms with E-state index in [1.165, 1.54) is 13.8 Å². The van der Waals surface area contributed by atoms with E-state index in [2.05, 4.69) is 16.0 Å². The highest BCUT2D eigenvalue weighted by Gasteiger charge is 2.31. The van der Waals surface area contributed by atoms with Crippen LogP contribution in [-0.4, -0.2) is 75.3 Å². The Kier molecular flexibility index (Phi) is 11.0. The van der Waals surface area contributed by atoms with Crippen LogP contribution >= 0.6 is 0 Å². The van der Waals surface area contributed by atoms with Crippen LogP contribution in [0.25, 0.3) is 0 Å². The number of carbonyl (C=O) groups is 5. The SMILES string of the molecule is CC(NC(=O)C(N)Cc1ccccc1)C(=O)NC(C(=O)NC(CCC(=O)O)C(=O)O)C(C)O. The van der Waals surface area contributed by atoms with Crippen LogP contribution in [0.15, 0.2) is 30.3 Å². The first-order chi connectivity index (χ1) is 15.4. The molecular weight excluding hydrogens is 436 g/mol. The maximum Gasteiger partial charge on any atom is 0.326 e. The number of hydrogen-bond acceptors (Lipinski definition) is 7. The molecule has 0 aromatic heterocycles. The summed E-state index contributed by atoms with van der Waals surface area (Å²) in [7, 11) is 0. The molecule has 3 amide bonds. The zero-order valence-corrected chi connectivity index (χ0v) is 18.4. The number of hydrogen-bond donors (Lipinski definition) is 7. The van der Waals surface area contributed by atoms with Gasteiger partial charge in [0.15, 0.2) is 0 Å². The van der Waals surface area contributed by atoms with Gasteiger partial charge in [-0.05, 0) is 32.3 Å². The third kappa shape index (κ3) is 9.66. The number of aliphatic hydroxyl groups is 1. The summed E-state index contributed by atoms with van der Waals surface area (Å²) in [5.74, 6) is -5.14. The standard InChI is InChI=1S/C21H30N4O8/c1-11(23-19(30)14(22)10-13-6-4-3-5-7-13)18(29)25-17(12(2)26)20(31)24-15(21(32)33)8-9-16(27)28/h3-7,11-12,14-15,17,26H,8-10,22H2,1-2H3,(H,23,30)(H,24,31)(H,25,29)(H,27,28)(H,32,33). The number of nitrogens with two attached hydrogens (primary N) is 1. The number of benzene rings is 1. The van der Waals surface area contributed by atoms with Crippen molar-refractivity contribution in [1.82, 2.24) is 16.0 Å². The Balaban J connectivity index is 2.70. The lowest BCUT2D eigenvalue weighted by Gasteiger charge is -2.25. The molecule has 182 valence electrons. The molecule has 0 radical (unpaired) electrons. The highest BCUT2D eigenvalue weighted by Crippen LogP contribution is 2.04. The maximum atomic E-state index is 12.5. The smallest absolute Gasteiger partial charge is 0.326 e. The molecule has 0 heterocycles. The molecule has 33 heavy (non-hydrogen) atoms. The predicted molar refractivity (Wildman–Crippen MR) is 116 cm³/mol. The lowest BCUT2D eigenvalue weighted by atomic mass is 10.1. The summed E-state index contributed by atoms with van der Waals surface area (Å²) < 4.78 is 0. The van der Waals surface area contributed by atoms with Crippen molar-refractivity contribution in [2.45, 2.75) is 63.4 Å². The first kappa shape index (κ1) is 27.5. The Hall–Kier alpha value is -3.51. The molecule has 0 bridgehead atoms. The first-order valence-corrected chi connectivity index (χ1v) is 10.3. The molecule has 5 atom stereocenters. The van der Waals surface area contributed by atoms with Crippen molar-refractivity contribution < 1.29 is 39.3 Å². The van der Waals surface area contributed by atoms with Gasteiger partial charge in [-0.1, -0.05) is 30.3 Å². The Bertz CT molecular complexity index is 846. The monoisotopic (exact) mass is 466 g/mol. The number of nitrogens with one attached hydrogen (secondary N) is 3. The molecule has 12 heteroatoms. The van der Waals surface area contributed by atoms with Gasteiger partial charge in [-0.15, -0.1) is 0 Å². The van der Waals surface area contributed by atoms with Gasteiger partial charge in [0.05, 0.1) is 12.1 Å². The van der Waals surface area contributed by atoms with Gasteiger partial charge in [0, 0.05) is 6.42 Å². The molecular formula is C21H30N4O8. The minimum absolute atomic E-state index is 0.243. The van der Waals surface area contributed by atoms with Crippen LogP contribution in [-0.2, 0) is 30.4 Å². The number of carboxylic acids is 2. The molecule has 12 nitrogen and oxygen atoms in total. The summed E-state index contributed by atoms with van der Waals surface area (Å²) in [6.07, 6.45) is -2.06. The summed E-state index contributed by atoms with van der Waals surface area (Å²) in [6, 6.07) is 3.91. The van der Waals surface area contributed by atoms with E-state index >= 15 is 0 Å². The van der Waals surface area contributed by atoms with E-state index in [-0.39, 0.29) is 12.8 Å². The molecule has 1 rings (SSSR count). The molecule has 0 aliphatic heterocycles. The zero-order valence-electron chi connectivity index (χ0n) is 18.4. The Morgan fingerprint density at radius 1 is 0.909 bits per heavy atom. The molecule has 8 N–H and O–H groups in total. The second kappa shape index (κ2) is 13.1. The van der Waals surface area contributed by atoms with Crippen molar-refractivity contribution in [2.75, 3.05) is 0 Å². The lowest BCUT2D eigenvalue weighted by Crippen LogP contribution is -2.59. The molecule has 1 aromatic carbocycles. The average molecular weight is 466 g/mol. The van der Waals surface area contributed by atoms with Crippen molar-refractivity contribution in [1.29, 1.82) is 0 Å². The van der Waals surface area contributed by atoms with Crippen LogP contribution in [0.2, 0.25) is 0 Å². The third-order valence-corrected chi connectivity index (χ3v) is 4.71. The number of carbonyl (C=O) groups excluding carboxylic acids is 3. The van der Waals surface area contributed by atoms with E-state index in [0.29, 0.717) is 0 Å². The summed E-state index contributed by atoms with van der Waals surface area (Å²) in [5, 5.41) is 34.5. The normalized spacial score (nSPS) is 15.3. The van der Waals surface area contributed by atoms with Crippen molar-refractivity contribution in [2.24, 2.45) is 5.73 Å². The fraction of sp³-hybridized carbons (Fsp3) is 0.476. The highest BCUT2D eigenvalue weighted by atomic mass is 16.4. The first-order valence-electron chi connectivity index (χ1n) is 10.3. The van der Waals surface area contributed by atoms with Crippen molar-refractivity contribution in [3.05, 3.63) is 35.9 Å². The summed E-state index contributed by atoms with van der Waals surface area (Å²) >= 11 is 0. The molecule has 0 aliphatic rings. The van der Waals surface area contributed by atoms with Crippen LogP contribution in [0.3, 0.4) is 0 Å². The molecule has 0 saturated carbocycles. The largest absolute Gasteiger partial charge is 0.481 e. The molecule has 5 unspecified atom stereocenters. The number of aliphatic hydroxyl groups excluding tert-OH is 1. The van der Waals surface area contributed by atoms with Crippen LogP contribution in [0, 0.1) is 0 Å². The third-order valence-electron chi connectivity index (χ3n) is 4.71. The highest BCUT2D eigenvalue weighted by molar-refractivity contribution is 5.94. The quantitative estimate of drug-likeness (QED) is 0.178. The average Bonchev–Trinajstić information content (AvgIpc) is 2.74. The van der Waals surface area contributed by atoms with Gasteiger partial charge in [0.2, 0.25) is 17.7 Å². The Morgan fingerprint density at radius 3 is 2.03 bits per heavy atom. The van der Waals surface area contributed by atoms with E-state index in [0.717, 1.165) is 5.56 Å².